The molecule has 0 aliphatic heterocycles. The number of hydrogen-bond acceptors (Lipinski definition) is 5. The Morgan fingerprint density at radius 1 is 1.35 bits per heavy atom. The van der Waals surface area contributed by atoms with Gasteiger partial charge in [0.2, 0.25) is 5.89 Å². The van der Waals surface area contributed by atoms with Gasteiger partial charge in [0.15, 0.2) is 6.61 Å². The highest BCUT2D eigenvalue weighted by molar-refractivity contribution is 5.87. The van der Waals surface area contributed by atoms with Gasteiger partial charge in [-0.1, -0.05) is 20.8 Å². The van der Waals surface area contributed by atoms with Gasteiger partial charge >= 0.3 is 5.97 Å². The number of carbonyl (C=O) groups is 1. The summed E-state index contributed by atoms with van der Waals surface area (Å²) in [5.41, 5.74) is -0.0407. The number of ether oxygens (including phenoxy) is 1. The number of oxazole rings is 1. The third-order valence-corrected chi connectivity index (χ3v) is 2.62. The molecule has 0 aliphatic rings. The summed E-state index contributed by atoms with van der Waals surface area (Å²) in [4.78, 5) is 18.7. The van der Waals surface area contributed by atoms with Crippen LogP contribution in [0.5, 0.6) is 5.75 Å². The number of nitrogens with zero attached hydrogens (tertiary/aromatic N) is 2. The van der Waals surface area contributed by atoms with Crippen LogP contribution in [0.4, 0.5) is 0 Å². The third kappa shape index (κ3) is 3.34. The first kappa shape index (κ1) is 14.0. The summed E-state index contributed by atoms with van der Waals surface area (Å²) in [6.07, 6.45) is 4.38. The molecule has 2 heterocycles. The number of aromatic carboxylic acids is 1. The molecule has 0 saturated heterocycles. The second-order valence-electron chi connectivity index (χ2n) is 5.37. The molecule has 2 aromatic rings. The van der Waals surface area contributed by atoms with Crippen LogP contribution in [0, 0.1) is 0 Å². The third-order valence-electron chi connectivity index (χ3n) is 2.62. The van der Waals surface area contributed by atoms with E-state index in [0.29, 0.717) is 11.6 Å². The van der Waals surface area contributed by atoms with Crippen molar-refractivity contribution in [3.63, 3.8) is 0 Å². The summed E-state index contributed by atoms with van der Waals surface area (Å²) < 4.78 is 11.0. The number of carboxylic acids is 1. The van der Waals surface area contributed by atoms with Crippen molar-refractivity contribution in [3.8, 4) is 5.75 Å². The van der Waals surface area contributed by atoms with Gasteiger partial charge in [-0.15, -0.1) is 0 Å². The zero-order chi connectivity index (χ0) is 14.8. The van der Waals surface area contributed by atoms with Crippen LogP contribution in [-0.2, 0) is 12.0 Å². The minimum Gasteiger partial charge on any atom is -0.482 e. The molecule has 0 aromatic carbocycles. The van der Waals surface area contributed by atoms with Crippen LogP contribution in [-0.4, -0.2) is 21.0 Å². The Labute approximate surface area is 116 Å². The minimum atomic E-state index is -1.05. The Morgan fingerprint density at radius 3 is 2.70 bits per heavy atom. The molecule has 6 heteroatoms. The van der Waals surface area contributed by atoms with Gasteiger partial charge in [0.25, 0.3) is 0 Å². The molecule has 0 aliphatic carbocycles. The van der Waals surface area contributed by atoms with Crippen molar-refractivity contribution in [2.45, 2.75) is 32.8 Å². The lowest BCUT2D eigenvalue weighted by Crippen LogP contribution is -2.09. The van der Waals surface area contributed by atoms with Crippen molar-refractivity contribution in [2.75, 3.05) is 0 Å². The van der Waals surface area contributed by atoms with Crippen molar-refractivity contribution in [3.05, 3.63) is 41.9 Å². The van der Waals surface area contributed by atoms with Crippen molar-refractivity contribution in [1.82, 2.24) is 9.97 Å². The molecule has 20 heavy (non-hydrogen) atoms. The predicted octanol–water partition coefficient (Wildman–Crippen LogP) is 2.64. The molecule has 0 amide bonds. The topological polar surface area (TPSA) is 85.5 Å². The molecule has 0 fully saturated rings. The van der Waals surface area contributed by atoms with Gasteiger partial charge in [-0.3, -0.25) is 4.98 Å². The second kappa shape index (κ2) is 5.32. The average molecular weight is 276 g/mol. The fraction of sp³-hybridized carbons (Fsp3) is 0.357. The van der Waals surface area contributed by atoms with Crippen LogP contribution in [0.2, 0.25) is 0 Å². The summed E-state index contributed by atoms with van der Waals surface area (Å²) in [6.45, 7) is 6.20. The summed E-state index contributed by atoms with van der Waals surface area (Å²) in [5, 5.41) is 8.86. The minimum absolute atomic E-state index is 0.0743. The number of aromatic nitrogens is 2. The second-order valence-corrected chi connectivity index (χ2v) is 5.37. The predicted molar refractivity (Wildman–Crippen MR) is 70.7 cm³/mol. The zero-order valence-electron chi connectivity index (χ0n) is 11.6. The van der Waals surface area contributed by atoms with Crippen molar-refractivity contribution >= 4 is 5.97 Å². The van der Waals surface area contributed by atoms with Crippen LogP contribution >= 0.6 is 0 Å². The Bertz CT molecular complexity index is 614. The molecular weight excluding hydrogens is 260 g/mol. The molecule has 0 radical (unpaired) electrons. The molecule has 0 bridgehead atoms. The fourth-order valence-electron chi connectivity index (χ4n) is 1.48. The highest BCUT2D eigenvalue weighted by Gasteiger charge is 2.19. The van der Waals surface area contributed by atoms with Gasteiger partial charge in [0.1, 0.15) is 11.5 Å². The summed E-state index contributed by atoms with van der Waals surface area (Å²) in [7, 11) is 0. The Balaban J connectivity index is 2.04. The summed E-state index contributed by atoms with van der Waals surface area (Å²) in [5.74, 6) is 0.527. The van der Waals surface area contributed by atoms with E-state index in [9.17, 15) is 4.79 Å². The van der Waals surface area contributed by atoms with E-state index in [4.69, 9.17) is 14.3 Å². The van der Waals surface area contributed by atoms with E-state index in [1.165, 1.54) is 18.5 Å². The van der Waals surface area contributed by atoms with E-state index in [0.717, 1.165) is 5.76 Å². The molecule has 2 rings (SSSR count). The van der Waals surface area contributed by atoms with Crippen LogP contribution < -0.4 is 4.74 Å². The van der Waals surface area contributed by atoms with E-state index in [2.05, 4.69) is 9.97 Å². The monoisotopic (exact) mass is 276 g/mol. The van der Waals surface area contributed by atoms with E-state index in [1.54, 1.807) is 6.20 Å². The summed E-state index contributed by atoms with van der Waals surface area (Å²) >= 11 is 0. The number of carboxylic acid groups (broad SMARTS) is 1. The van der Waals surface area contributed by atoms with Crippen molar-refractivity contribution in [1.29, 1.82) is 0 Å². The van der Waals surface area contributed by atoms with Crippen molar-refractivity contribution < 1.29 is 19.1 Å². The lowest BCUT2D eigenvalue weighted by molar-refractivity contribution is 0.0696. The first-order valence-corrected chi connectivity index (χ1v) is 6.12. The number of pyridine rings is 1. The lowest BCUT2D eigenvalue weighted by atomic mass is 9.94. The molecule has 2 aromatic heterocycles. The SMILES string of the molecule is CC(C)(C)c1cnc(COc2cncc(C(=O)O)c2)o1. The van der Waals surface area contributed by atoms with Gasteiger partial charge < -0.3 is 14.3 Å². The van der Waals surface area contributed by atoms with E-state index >= 15 is 0 Å². The maximum absolute atomic E-state index is 10.8. The molecule has 1 N–H and O–H groups in total. The Kier molecular flexibility index (Phi) is 3.74. The first-order valence-electron chi connectivity index (χ1n) is 6.12. The van der Waals surface area contributed by atoms with Gasteiger partial charge in [0.05, 0.1) is 18.0 Å². The lowest BCUT2D eigenvalue weighted by Gasteiger charge is -2.13. The van der Waals surface area contributed by atoms with Crippen molar-refractivity contribution in [2.24, 2.45) is 0 Å². The average Bonchev–Trinajstić information content (AvgIpc) is 2.85. The van der Waals surface area contributed by atoms with Gasteiger partial charge in [0, 0.05) is 11.6 Å². The van der Waals surface area contributed by atoms with Crippen LogP contribution in [0.25, 0.3) is 0 Å². The van der Waals surface area contributed by atoms with Crippen LogP contribution in [0.3, 0.4) is 0 Å². The molecule has 0 saturated carbocycles. The molecule has 0 spiro atoms. The zero-order valence-corrected chi connectivity index (χ0v) is 11.6. The number of hydrogen-bond donors (Lipinski definition) is 1. The highest BCUT2D eigenvalue weighted by Crippen LogP contribution is 2.23. The maximum atomic E-state index is 10.8. The standard InChI is InChI=1S/C14H16N2O4/c1-14(2,3)11-7-16-12(20-11)8-19-10-4-9(13(17)18)5-15-6-10/h4-7H,8H2,1-3H3,(H,17,18). The quantitative estimate of drug-likeness (QED) is 0.923. The first-order chi connectivity index (χ1) is 9.36. The Morgan fingerprint density at radius 2 is 2.10 bits per heavy atom. The van der Waals surface area contributed by atoms with Crippen LogP contribution in [0.15, 0.2) is 29.1 Å². The Hall–Kier alpha value is -2.37. The normalized spacial score (nSPS) is 11.3. The highest BCUT2D eigenvalue weighted by atomic mass is 16.5. The van der Waals surface area contributed by atoms with Gasteiger partial charge in [-0.05, 0) is 6.07 Å². The number of rotatable bonds is 4. The van der Waals surface area contributed by atoms with Gasteiger partial charge in [-0.25, -0.2) is 9.78 Å². The molecule has 106 valence electrons. The van der Waals surface area contributed by atoms with E-state index < -0.39 is 5.97 Å². The van der Waals surface area contributed by atoms with E-state index in [-0.39, 0.29) is 17.6 Å². The largest absolute Gasteiger partial charge is 0.482 e. The van der Waals surface area contributed by atoms with Crippen LogP contribution in [0.1, 0.15) is 42.8 Å². The molecule has 6 nitrogen and oxygen atoms in total. The maximum Gasteiger partial charge on any atom is 0.337 e. The molecule has 0 atom stereocenters. The fourth-order valence-corrected chi connectivity index (χ4v) is 1.48. The molecular formula is C14H16N2O4. The van der Waals surface area contributed by atoms with Gasteiger partial charge in [-0.2, -0.15) is 0 Å². The molecule has 0 unspecified atom stereocenters. The smallest absolute Gasteiger partial charge is 0.337 e. The van der Waals surface area contributed by atoms with E-state index in [1.807, 2.05) is 20.8 Å². The summed E-state index contributed by atoms with van der Waals surface area (Å²) in [6, 6.07) is 1.41.